The molecule has 4 aromatic rings. The summed E-state index contributed by atoms with van der Waals surface area (Å²) in [5.74, 6) is -4.41. The SMILES string of the molecule is O=C(CNC(=O)C(=O)[C@@H]1CCCN1C(=O)CNC(=O)c1ccnc2ccccc12)N[C@@H](CCCCNC(=O)OCc1ccccc1)C(=O)OCc1ccccc1. The molecule has 292 valence electrons. The van der Waals surface area contributed by atoms with Gasteiger partial charge in [-0.3, -0.25) is 29.0 Å². The number of para-hydroxylation sites is 1. The average Bonchev–Trinajstić information content (AvgIpc) is 3.73. The quantitative estimate of drug-likeness (QED) is 0.0663. The number of carbonyl (C=O) groups is 7. The molecular formula is C41H44N6O9. The summed E-state index contributed by atoms with van der Waals surface area (Å²) in [4.78, 5) is 95.6. The molecule has 15 heteroatoms. The largest absolute Gasteiger partial charge is 0.459 e. The summed E-state index contributed by atoms with van der Waals surface area (Å²) in [5, 5.41) is 10.7. The fourth-order valence-electron chi connectivity index (χ4n) is 6.14. The summed E-state index contributed by atoms with van der Waals surface area (Å²) in [6, 6.07) is 24.7. The first kappa shape index (κ1) is 40.5. The number of amides is 5. The van der Waals surface area contributed by atoms with Crippen molar-refractivity contribution in [2.75, 3.05) is 26.2 Å². The predicted molar refractivity (Wildman–Crippen MR) is 203 cm³/mol. The molecule has 1 aromatic heterocycles. The molecule has 5 amide bonds. The fourth-order valence-corrected chi connectivity index (χ4v) is 6.14. The number of ether oxygens (including phenoxy) is 2. The smallest absolute Gasteiger partial charge is 0.407 e. The van der Waals surface area contributed by atoms with E-state index in [1.807, 2.05) is 36.4 Å². The summed E-state index contributed by atoms with van der Waals surface area (Å²) in [7, 11) is 0. The van der Waals surface area contributed by atoms with Gasteiger partial charge in [0, 0.05) is 24.7 Å². The number of likely N-dealkylation sites (tertiary alicyclic amines) is 1. The number of alkyl carbamates (subject to hydrolysis) is 1. The number of unbranched alkanes of at least 4 members (excludes halogenated alkanes) is 1. The van der Waals surface area contributed by atoms with Gasteiger partial charge in [-0.05, 0) is 55.4 Å². The van der Waals surface area contributed by atoms with E-state index in [2.05, 4.69) is 26.3 Å². The molecule has 1 aliphatic heterocycles. The Kier molecular flexibility index (Phi) is 15.0. The van der Waals surface area contributed by atoms with E-state index >= 15 is 0 Å². The van der Waals surface area contributed by atoms with Crippen LogP contribution >= 0.6 is 0 Å². The standard InChI is InChI=1S/C41H44N6O9/c48-35(46-33(40(53)55-26-28-12-3-1-4-13-28)18-9-10-21-43-41(54)56-27-29-14-5-2-6-15-29)24-44-39(52)37(50)34-19-11-23-47(34)36(49)25-45-38(51)31-20-22-42-32-17-8-7-16-30(31)32/h1-8,12-17,20,22,33-34H,9-11,18-19,21,23-27H2,(H,43,54)(H,44,52)(H,45,51)(H,46,48)/t33-,34-/m0/s1. The number of hydrogen-bond acceptors (Lipinski definition) is 10. The molecule has 1 fully saturated rings. The van der Waals surface area contributed by atoms with E-state index in [-0.39, 0.29) is 45.7 Å². The zero-order valence-corrected chi connectivity index (χ0v) is 30.7. The number of pyridine rings is 1. The van der Waals surface area contributed by atoms with Crippen LogP contribution in [0.25, 0.3) is 10.9 Å². The van der Waals surface area contributed by atoms with Crippen LogP contribution in [0, 0.1) is 0 Å². The van der Waals surface area contributed by atoms with Gasteiger partial charge >= 0.3 is 12.1 Å². The van der Waals surface area contributed by atoms with E-state index in [0.29, 0.717) is 35.7 Å². The minimum absolute atomic E-state index is 0.0208. The Morgan fingerprint density at radius 2 is 1.43 bits per heavy atom. The third-order valence-corrected chi connectivity index (χ3v) is 9.05. The van der Waals surface area contributed by atoms with Gasteiger partial charge in [-0.25, -0.2) is 9.59 Å². The predicted octanol–water partition coefficient (Wildman–Crippen LogP) is 2.97. The number of fused-ring (bicyclic) bond motifs is 1. The molecule has 1 saturated heterocycles. The van der Waals surface area contributed by atoms with Crippen LogP contribution in [0.15, 0.2) is 97.2 Å². The van der Waals surface area contributed by atoms with Crippen molar-refractivity contribution in [1.82, 2.24) is 31.2 Å². The van der Waals surface area contributed by atoms with Crippen LogP contribution in [0.4, 0.5) is 4.79 Å². The van der Waals surface area contributed by atoms with Gasteiger partial charge in [0.15, 0.2) is 0 Å². The van der Waals surface area contributed by atoms with Gasteiger partial charge in [-0.2, -0.15) is 0 Å². The summed E-state index contributed by atoms with van der Waals surface area (Å²) in [5.41, 5.74) is 2.56. The fraction of sp³-hybridized carbons (Fsp3) is 0.317. The Balaban J connectivity index is 1.07. The maximum atomic E-state index is 13.1. The molecule has 0 aliphatic carbocycles. The van der Waals surface area contributed by atoms with Crippen molar-refractivity contribution < 1.29 is 43.0 Å². The molecule has 15 nitrogen and oxygen atoms in total. The minimum Gasteiger partial charge on any atom is -0.459 e. The molecule has 56 heavy (non-hydrogen) atoms. The molecule has 0 bridgehead atoms. The number of esters is 1. The van der Waals surface area contributed by atoms with Crippen molar-refractivity contribution in [2.45, 2.75) is 57.4 Å². The van der Waals surface area contributed by atoms with Gasteiger partial charge in [0.1, 0.15) is 25.3 Å². The van der Waals surface area contributed by atoms with Gasteiger partial charge in [0.2, 0.25) is 17.6 Å². The van der Waals surface area contributed by atoms with Gasteiger partial charge in [-0.15, -0.1) is 0 Å². The van der Waals surface area contributed by atoms with Crippen molar-refractivity contribution in [2.24, 2.45) is 0 Å². The maximum absolute atomic E-state index is 13.1. The number of rotatable bonds is 18. The average molecular weight is 765 g/mol. The molecule has 4 N–H and O–H groups in total. The third-order valence-electron chi connectivity index (χ3n) is 9.05. The van der Waals surface area contributed by atoms with E-state index < -0.39 is 60.1 Å². The normalized spacial score (nSPS) is 13.9. The zero-order chi connectivity index (χ0) is 39.7. The molecule has 0 unspecified atom stereocenters. The van der Waals surface area contributed by atoms with E-state index in [1.54, 1.807) is 54.6 Å². The van der Waals surface area contributed by atoms with Crippen LogP contribution in [0.2, 0.25) is 0 Å². The van der Waals surface area contributed by atoms with E-state index in [0.717, 1.165) is 11.1 Å². The van der Waals surface area contributed by atoms with Crippen LogP contribution in [0.5, 0.6) is 0 Å². The maximum Gasteiger partial charge on any atom is 0.407 e. The highest BCUT2D eigenvalue weighted by Crippen LogP contribution is 2.19. The van der Waals surface area contributed by atoms with E-state index in [1.165, 1.54) is 11.1 Å². The first-order valence-corrected chi connectivity index (χ1v) is 18.4. The highest BCUT2D eigenvalue weighted by atomic mass is 16.5. The van der Waals surface area contributed by atoms with Gasteiger partial charge in [-0.1, -0.05) is 78.9 Å². The molecule has 0 spiro atoms. The van der Waals surface area contributed by atoms with Crippen LogP contribution in [0.1, 0.15) is 53.6 Å². The van der Waals surface area contributed by atoms with Crippen molar-refractivity contribution in [3.05, 3.63) is 114 Å². The van der Waals surface area contributed by atoms with Crippen LogP contribution in [0.3, 0.4) is 0 Å². The van der Waals surface area contributed by atoms with E-state index in [9.17, 15) is 33.6 Å². The highest BCUT2D eigenvalue weighted by Gasteiger charge is 2.37. The summed E-state index contributed by atoms with van der Waals surface area (Å²) in [6.45, 7) is -0.419. The molecule has 2 heterocycles. The number of carbonyl (C=O) groups excluding carboxylic acids is 7. The molecule has 3 aromatic carbocycles. The highest BCUT2D eigenvalue weighted by molar-refractivity contribution is 6.38. The Morgan fingerprint density at radius 3 is 2.16 bits per heavy atom. The topological polar surface area (TPSA) is 202 Å². The Morgan fingerprint density at radius 1 is 0.750 bits per heavy atom. The molecule has 0 radical (unpaired) electrons. The number of aromatic nitrogens is 1. The van der Waals surface area contributed by atoms with Crippen molar-refractivity contribution >= 4 is 52.4 Å². The second-order valence-corrected chi connectivity index (χ2v) is 13.0. The number of nitrogens with one attached hydrogen (secondary N) is 4. The van der Waals surface area contributed by atoms with Gasteiger partial charge in [0.25, 0.3) is 11.8 Å². The van der Waals surface area contributed by atoms with Crippen molar-refractivity contribution in [3.8, 4) is 0 Å². The number of Topliss-reactive ketones (excluding diaryl/α,β-unsaturated/α-hetero) is 1. The lowest BCUT2D eigenvalue weighted by Gasteiger charge is -2.23. The number of ketones is 1. The number of nitrogens with zero attached hydrogens (tertiary/aromatic N) is 2. The Bertz CT molecular complexity index is 2010. The van der Waals surface area contributed by atoms with Crippen molar-refractivity contribution in [1.29, 1.82) is 0 Å². The lowest BCUT2D eigenvalue weighted by molar-refractivity contribution is -0.149. The lowest BCUT2D eigenvalue weighted by atomic mass is 10.1. The molecule has 5 rings (SSSR count). The summed E-state index contributed by atoms with van der Waals surface area (Å²) in [6.07, 6.45) is 2.67. The van der Waals surface area contributed by atoms with Gasteiger partial charge < -0.3 is 35.6 Å². The zero-order valence-electron chi connectivity index (χ0n) is 30.7. The first-order valence-electron chi connectivity index (χ1n) is 18.4. The molecule has 2 atom stereocenters. The Hall–Kier alpha value is -6.64. The second kappa shape index (κ2) is 20.7. The lowest BCUT2D eigenvalue weighted by Crippen LogP contribution is -2.51. The number of hydrogen-bond donors (Lipinski definition) is 4. The van der Waals surface area contributed by atoms with Gasteiger partial charge in [0.05, 0.1) is 24.2 Å². The monoisotopic (exact) mass is 764 g/mol. The van der Waals surface area contributed by atoms with E-state index in [4.69, 9.17) is 9.47 Å². The summed E-state index contributed by atoms with van der Waals surface area (Å²) >= 11 is 0. The Labute approximate surface area is 323 Å². The van der Waals surface area contributed by atoms with Crippen molar-refractivity contribution in [3.63, 3.8) is 0 Å². The number of benzene rings is 3. The third kappa shape index (κ3) is 11.9. The van der Waals surface area contributed by atoms with Crippen LogP contribution in [-0.2, 0) is 46.7 Å². The first-order chi connectivity index (χ1) is 27.2. The molecule has 1 aliphatic rings. The second-order valence-electron chi connectivity index (χ2n) is 13.0. The van der Waals surface area contributed by atoms with Crippen LogP contribution in [-0.4, -0.2) is 89.6 Å². The van der Waals surface area contributed by atoms with Crippen LogP contribution < -0.4 is 21.3 Å². The minimum atomic E-state index is -1.08. The molecular weight excluding hydrogens is 720 g/mol. The molecule has 0 saturated carbocycles. The summed E-state index contributed by atoms with van der Waals surface area (Å²) < 4.78 is 10.7.